The molecule has 0 N–H and O–H groups in total. The van der Waals surface area contributed by atoms with Crippen LogP contribution < -0.4 is 4.90 Å². The summed E-state index contributed by atoms with van der Waals surface area (Å²) in [6.07, 6.45) is 3.97. The van der Waals surface area contributed by atoms with Crippen molar-refractivity contribution in [2.24, 2.45) is 17.3 Å². The number of Topliss-reactive ketones (excluding diaryl/α,β-unsaturated/α-hetero) is 1. The smallest absolute Gasteiger partial charge is 0.235 e. The molecule has 2 fully saturated rings. The molecule has 4 rings (SSSR count). The number of benzene rings is 1. The van der Waals surface area contributed by atoms with Crippen LogP contribution in [0.5, 0.6) is 0 Å². The molecular formula is C22H26N2O4. The zero-order chi connectivity index (χ0) is 20.2. The molecule has 148 valence electrons. The number of likely N-dealkylation sites (tertiary alicyclic amines) is 1. The summed E-state index contributed by atoms with van der Waals surface area (Å²) >= 11 is 0. The molecule has 1 aromatic carbocycles. The highest BCUT2D eigenvalue weighted by Crippen LogP contribution is 2.49. The molecular weight excluding hydrogens is 356 g/mol. The molecule has 0 unspecified atom stereocenters. The summed E-state index contributed by atoms with van der Waals surface area (Å²) in [6.45, 7) is 6.13. The highest BCUT2D eigenvalue weighted by Gasteiger charge is 2.64. The number of imide groups is 1. The summed E-state index contributed by atoms with van der Waals surface area (Å²) in [6, 6.07) is 6.89. The van der Waals surface area contributed by atoms with E-state index >= 15 is 0 Å². The van der Waals surface area contributed by atoms with Crippen molar-refractivity contribution in [1.82, 2.24) is 4.90 Å². The predicted molar refractivity (Wildman–Crippen MR) is 106 cm³/mol. The van der Waals surface area contributed by atoms with Crippen LogP contribution in [0, 0.1) is 17.3 Å². The predicted octanol–water partition coefficient (Wildman–Crippen LogP) is 2.13. The largest absolute Gasteiger partial charge is 0.383 e. The zero-order valence-corrected chi connectivity index (χ0v) is 16.7. The van der Waals surface area contributed by atoms with Crippen LogP contribution in [-0.2, 0) is 19.1 Å². The fraction of sp³-hybridized carbons (Fsp3) is 0.500. The molecule has 6 nitrogen and oxygen atoms in total. The summed E-state index contributed by atoms with van der Waals surface area (Å²) in [4.78, 5) is 43.2. The van der Waals surface area contributed by atoms with Crippen LogP contribution in [0.2, 0.25) is 0 Å². The van der Waals surface area contributed by atoms with Crippen molar-refractivity contribution in [2.45, 2.75) is 32.9 Å². The Kier molecular flexibility index (Phi) is 4.42. The second kappa shape index (κ2) is 6.55. The average Bonchev–Trinajstić information content (AvgIpc) is 3.12. The molecule has 28 heavy (non-hydrogen) atoms. The number of methoxy groups -OCH3 is 1. The van der Waals surface area contributed by atoms with E-state index in [1.54, 1.807) is 7.11 Å². The third-order valence-electron chi connectivity index (χ3n) is 6.03. The maximum Gasteiger partial charge on any atom is 0.235 e. The first-order valence-corrected chi connectivity index (χ1v) is 9.71. The Bertz CT molecular complexity index is 870. The van der Waals surface area contributed by atoms with Gasteiger partial charge in [-0.1, -0.05) is 51.1 Å². The minimum absolute atomic E-state index is 0.00940. The highest BCUT2D eigenvalue weighted by molar-refractivity contribution is 6.11. The molecule has 0 aromatic heterocycles. The minimum atomic E-state index is -0.656. The molecule has 0 aliphatic carbocycles. The van der Waals surface area contributed by atoms with Gasteiger partial charge in [0, 0.05) is 18.2 Å². The maximum absolute atomic E-state index is 13.5. The van der Waals surface area contributed by atoms with Crippen molar-refractivity contribution in [1.29, 1.82) is 0 Å². The number of fused-ring (bicyclic) bond motifs is 5. The maximum atomic E-state index is 13.5. The Labute approximate surface area is 165 Å². The van der Waals surface area contributed by atoms with Gasteiger partial charge in [-0.25, -0.2) is 0 Å². The van der Waals surface area contributed by atoms with E-state index in [-0.39, 0.29) is 30.2 Å². The van der Waals surface area contributed by atoms with Crippen molar-refractivity contribution in [3.05, 3.63) is 35.9 Å². The van der Waals surface area contributed by atoms with Gasteiger partial charge in [-0.3, -0.25) is 19.3 Å². The van der Waals surface area contributed by atoms with Gasteiger partial charge >= 0.3 is 0 Å². The second-order valence-electron chi connectivity index (χ2n) is 8.75. The fourth-order valence-electron chi connectivity index (χ4n) is 4.72. The third-order valence-corrected chi connectivity index (χ3v) is 6.03. The van der Waals surface area contributed by atoms with E-state index in [0.29, 0.717) is 6.61 Å². The van der Waals surface area contributed by atoms with E-state index in [9.17, 15) is 14.4 Å². The summed E-state index contributed by atoms with van der Waals surface area (Å²) < 4.78 is 5.07. The van der Waals surface area contributed by atoms with Crippen molar-refractivity contribution in [2.75, 3.05) is 25.2 Å². The number of rotatable bonds is 4. The number of ether oxygens (including phenoxy) is 1. The Hall–Kier alpha value is -2.47. The lowest BCUT2D eigenvalue weighted by molar-refractivity contribution is -0.142. The van der Waals surface area contributed by atoms with Crippen molar-refractivity contribution >= 4 is 29.4 Å². The molecule has 3 aliphatic rings. The summed E-state index contributed by atoms with van der Waals surface area (Å²) in [7, 11) is 1.54. The van der Waals surface area contributed by atoms with E-state index < -0.39 is 23.3 Å². The van der Waals surface area contributed by atoms with E-state index in [2.05, 4.69) is 0 Å². The number of carbonyl (C=O) groups is 3. The molecule has 3 heterocycles. The molecule has 2 saturated heterocycles. The Morgan fingerprint density at radius 3 is 2.46 bits per heavy atom. The van der Waals surface area contributed by atoms with Crippen LogP contribution in [0.3, 0.4) is 0 Å². The molecule has 6 heteroatoms. The molecule has 3 aliphatic heterocycles. The average molecular weight is 382 g/mol. The SMILES string of the molecule is COCCN1C(=O)[C@H]2[C@H](C1=O)[C@H](C(=O)C(C)(C)C)N1c3ccccc3C=C[C@H]21. The third kappa shape index (κ3) is 2.62. The second-order valence-corrected chi connectivity index (χ2v) is 8.75. The lowest BCUT2D eigenvalue weighted by Gasteiger charge is -2.38. The van der Waals surface area contributed by atoms with Crippen LogP contribution in [-0.4, -0.2) is 54.8 Å². The molecule has 0 saturated carbocycles. The lowest BCUT2D eigenvalue weighted by Crippen LogP contribution is -2.51. The number of nitrogens with zero attached hydrogens (tertiary/aromatic N) is 2. The number of amides is 2. The van der Waals surface area contributed by atoms with E-state index in [0.717, 1.165) is 11.3 Å². The zero-order valence-electron chi connectivity index (χ0n) is 16.7. The van der Waals surface area contributed by atoms with Crippen molar-refractivity contribution < 1.29 is 19.1 Å². The number of carbonyl (C=O) groups excluding carboxylic acids is 3. The van der Waals surface area contributed by atoms with Crippen LogP contribution in [0.25, 0.3) is 6.08 Å². The first-order chi connectivity index (χ1) is 13.3. The quantitative estimate of drug-likeness (QED) is 0.747. The fourth-order valence-corrected chi connectivity index (χ4v) is 4.72. The van der Waals surface area contributed by atoms with Crippen LogP contribution in [0.4, 0.5) is 5.69 Å². The number of hydrogen-bond acceptors (Lipinski definition) is 5. The van der Waals surface area contributed by atoms with Crippen molar-refractivity contribution in [3.63, 3.8) is 0 Å². The highest BCUT2D eigenvalue weighted by atomic mass is 16.5. The molecule has 1 aromatic rings. The van der Waals surface area contributed by atoms with Gasteiger partial charge in [-0.05, 0) is 11.6 Å². The normalized spacial score (nSPS) is 28.4. The van der Waals surface area contributed by atoms with Crippen LogP contribution in [0.15, 0.2) is 30.3 Å². The Morgan fingerprint density at radius 1 is 1.11 bits per heavy atom. The summed E-state index contributed by atoms with van der Waals surface area (Å²) in [5.41, 5.74) is 1.29. The topological polar surface area (TPSA) is 66.9 Å². The van der Waals surface area contributed by atoms with Gasteiger partial charge < -0.3 is 9.64 Å². The van der Waals surface area contributed by atoms with Gasteiger partial charge in [-0.2, -0.15) is 0 Å². The van der Waals surface area contributed by atoms with E-state index in [1.165, 1.54) is 4.90 Å². The molecule has 2 amide bonds. The monoisotopic (exact) mass is 382 g/mol. The molecule has 0 radical (unpaired) electrons. The van der Waals surface area contributed by atoms with Gasteiger partial charge in [0.05, 0.1) is 31.0 Å². The minimum Gasteiger partial charge on any atom is -0.383 e. The standard InChI is InChI=1S/C22H26N2O4/c1-22(2,3)19(25)18-17-16(20(26)23(21(17)27)11-12-28-4)15-10-9-13-7-5-6-8-14(13)24(15)18/h5-10,15-18H,11-12H2,1-4H3/t15-,16-,17+,18-/m1/s1. The summed E-state index contributed by atoms with van der Waals surface area (Å²) in [5.74, 6) is -1.66. The van der Waals surface area contributed by atoms with Crippen molar-refractivity contribution in [3.8, 4) is 0 Å². The molecule has 0 spiro atoms. The van der Waals surface area contributed by atoms with Crippen LogP contribution in [0.1, 0.15) is 26.3 Å². The van der Waals surface area contributed by atoms with Crippen LogP contribution >= 0.6 is 0 Å². The first-order valence-electron chi connectivity index (χ1n) is 9.71. The van der Waals surface area contributed by atoms with E-state index in [4.69, 9.17) is 4.74 Å². The van der Waals surface area contributed by atoms with E-state index in [1.807, 2.05) is 62.1 Å². The Balaban J connectivity index is 1.82. The lowest BCUT2D eigenvalue weighted by atomic mass is 9.79. The number of hydrogen-bond donors (Lipinski definition) is 0. The number of anilines is 1. The number of para-hydroxylation sites is 1. The van der Waals surface area contributed by atoms with Gasteiger partial charge in [0.25, 0.3) is 0 Å². The van der Waals surface area contributed by atoms with Gasteiger partial charge in [0.1, 0.15) is 6.04 Å². The molecule has 0 bridgehead atoms. The first kappa shape index (κ1) is 18.9. The Morgan fingerprint density at radius 2 is 1.79 bits per heavy atom. The van der Waals surface area contributed by atoms with Gasteiger partial charge in [0.2, 0.25) is 11.8 Å². The molecule has 4 atom stereocenters. The summed E-state index contributed by atoms with van der Waals surface area (Å²) in [5, 5.41) is 0. The van der Waals surface area contributed by atoms with Gasteiger partial charge in [-0.15, -0.1) is 0 Å². The number of ketones is 1. The van der Waals surface area contributed by atoms with Gasteiger partial charge in [0.15, 0.2) is 5.78 Å².